The highest BCUT2D eigenvalue weighted by atomic mass is 19.1. The van der Waals surface area contributed by atoms with E-state index in [1.54, 1.807) is 22.9 Å². The van der Waals surface area contributed by atoms with Crippen LogP contribution in [0.5, 0.6) is 0 Å². The van der Waals surface area contributed by atoms with Crippen molar-refractivity contribution in [2.45, 2.75) is 32.6 Å². The Kier molecular flexibility index (Phi) is 4.09. The standard InChI is InChI=1S/C18H19FN4O2/c1-11-14(12(2)25-22-11)9-17-20-18(13-7-8-24-10-13)21-23(17)16-6-4-3-5-15(16)19/h3-6,13H,7-10H2,1-2H3/t13-/m0/s1. The predicted octanol–water partition coefficient (Wildman–Crippen LogP) is 3.11. The number of aryl methyl sites for hydroxylation is 2. The number of nitrogens with zero attached hydrogens (tertiary/aromatic N) is 4. The third-order valence-corrected chi connectivity index (χ3v) is 4.58. The van der Waals surface area contributed by atoms with E-state index < -0.39 is 0 Å². The minimum absolute atomic E-state index is 0.149. The molecule has 25 heavy (non-hydrogen) atoms. The number of rotatable bonds is 4. The van der Waals surface area contributed by atoms with E-state index in [1.807, 2.05) is 13.8 Å². The Morgan fingerprint density at radius 2 is 2.12 bits per heavy atom. The lowest BCUT2D eigenvalue weighted by Crippen LogP contribution is -2.07. The first kappa shape index (κ1) is 16.0. The third-order valence-electron chi connectivity index (χ3n) is 4.58. The molecule has 1 aliphatic rings. The number of para-hydroxylation sites is 1. The fourth-order valence-electron chi connectivity index (χ4n) is 3.12. The molecule has 0 saturated carbocycles. The summed E-state index contributed by atoms with van der Waals surface area (Å²) in [6.45, 7) is 5.07. The minimum atomic E-state index is -0.332. The summed E-state index contributed by atoms with van der Waals surface area (Å²) < 4.78 is 26.6. The zero-order chi connectivity index (χ0) is 17.4. The van der Waals surface area contributed by atoms with Crippen molar-refractivity contribution in [3.63, 3.8) is 0 Å². The first-order valence-corrected chi connectivity index (χ1v) is 8.33. The van der Waals surface area contributed by atoms with Crippen LogP contribution in [0.4, 0.5) is 4.39 Å². The van der Waals surface area contributed by atoms with Crippen LogP contribution in [-0.4, -0.2) is 33.1 Å². The van der Waals surface area contributed by atoms with Crippen LogP contribution in [0.1, 0.15) is 41.0 Å². The summed E-state index contributed by atoms with van der Waals surface area (Å²) in [5.41, 5.74) is 2.16. The SMILES string of the molecule is Cc1noc(C)c1Cc1nc([C@H]2CCOC2)nn1-c1ccccc1F. The molecular formula is C18H19FN4O2. The van der Waals surface area contributed by atoms with E-state index in [0.717, 1.165) is 23.4 Å². The largest absolute Gasteiger partial charge is 0.381 e. The summed E-state index contributed by atoms with van der Waals surface area (Å²) in [7, 11) is 0. The Bertz CT molecular complexity index is 877. The van der Waals surface area contributed by atoms with Crippen molar-refractivity contribution in [3.8, 4) is 5.69 Å². The molecule has 0 aliphatic carbocycles. The number of aromatic nitrogens is 4. The number of benzene rings is 1. The molecule has 1 saturated heterocycles. The van der Waals surface area contributed by atoms with Crippen LogP contribution >= 0.6 is 0 Å². The van der Waals surface area contributed by atoms with Crippen molar-refractivity contribution in [3.05, 3.63) is 58.7 Å². The number of hydrogen-bond donors (Lipinski definition) is 0. The molecule has 4 rings (SSSR count). The van der Waals surface area contributed by atoms with Gasteiger partial charge in [-0.1, -0.05) is 17.3 Å². The molecule has 1 atom stereocenters. The van der Waals surface area contributed by atoms with Crippen LogP contribution in [0.3, 0.4) is 0 Å². The van der Waals surface area contributed by atoms with E-state index in [4.69, 9.17) is 14.2 Å². The highest BCUT2D eigenvalue weighted by Crippen LogP contribution is 2.26. The van der Waals surface area contributed by atoms with Crippen LogP contribution < -0.4 is 0 Å². The first-order valence-electron chi connectivity index (χ1n) is 8.33. The first-order chi connectivity index (χ1) is 12.1. The van der Waals surface area contributed by atoms with Gasteiger partial charge >= 0.3 is 0 Å². The van der Waals surface area contributed by atoms with E-state index in [2.05, 4.69) is 10.3 Å². The molecule has 0 N–H and O–H groups in total. The second kappa shape index (κ2) is 6.40. The Balaban J connectivity index is 1.79. The number of halogens is 1. The van der Waals surface area contributed by atoms with E-state index in [-0.39, 0.29) is 11.7 Å². The van der Waals surface area contributed by atoms with Crippen LogP contribution in [0, 0.1) is 19.7 Å². The monoisotopic (exact) mass is 342 g/mol. The summed E-state index contributed by atoms with van der Waals surface area (Å²) in [6.07, 6.45) is 1.36. The molecule has 7 heteroatoms. The van der Waals surface area contributed by atoms with Crippen molar-refractivity contribution in [1.29, 1.82) is 0 Å². The molecule has 0 radical (unpaired) electrons. The average Bonchev–Trinajstić information content (AvgIpc) is 3.32. The highest BCUT2D eigenvalue weighted by molar-refractivity contribution is 5.35. The van der Waals surface area contributed by atoms with Crippen LogP contribution in [0.2, 0.25) is 0 Å². The zero-order valence-electron chi connectivity index (χ0n) is 14.2. The third kappa shape index (κ3) is 2.95. The Morgan fingerprint density at radius 3 is 2.80 bits per heavy atom. The molecule has 0 bridgehead atoms. The lowest BCUT2D eigenvalue weighted by Gasteiger charge is -2.06. The van der Waals surface area contributed by atoms with Gasteiger partial charge in [0.25, 0.3) is 0 Å². The Morgan fingerprint density at radius 1 is 1.28 bits per heavy atom. The fraction of sp³-hybridized carbons (Fsp3) is 0.389. The van der Waals surface area contributed by atoms with Crippen LogP contribution in [0.15, 0.2) is 28.8 Å². The summed E-state index contributed by atoms with van der Waals surface area (Å²) in [5, 5.41) is 8.59. The maximum atomic E-state index is 14.3. The highest BCUT2D eigenvalue weighted by Gasteiger charge is 2.25. The molecule has 1 aromatic carbocycles. The van der Waals surface area contributed by atoms with E-state index in [0.29, 0.717) is 37.0 Å². The molecule has 0 spiro atoms. The van der Waals surface area contributed by atoms with E-state index in [9.17, 15) is 4.39 Å². The molecule has 1 fully saturated rings. The van der Waals surface area contributed by atoms with E-state index >= 15 is 0 Å². The summed E-state index contributed by atoms with van der Waals surface area (Å²) in [4.78, 5) is 4.70. The van der Waals surface area contributed by atoms with Gasteiger partial charge in [-0.15, -0.1) is 0 Å². The van der Waals surface area contributed by atoms with Crippen LogP contribution in [-0.2, 0) is 11.2 Å². The van der Waals surface area contributed by atoms with Crippen molar-refractivity contribution in [2.75, 3.05) is 13.2 Å². The average molecular weight is 342 g/mol. The second-order valence-electron chi connectivity index (χ2n) is 6.29. The van der Waals surface area contributed by atoms with Gasteiger partial charge in [0.05, 0.1) is 12.3 Å². The lowest BCUT2D eigenvalue weighted by atomic mass is 10.1. The van der Waals surface area contributed by atoms with Gasteiger partial charge in [-0.2, -0.15) is 5.10 Å². The summed E-state index contributed by atoms with van der Waals surface area (Å²) in [5.74, 6) is 1.92. The van der Waals surface area contributed by atoms with Gasteiger partial charge in [0.2, 0.25) is 0 Å². The number of hydrogen-bond acceptors (Lipinski definition) is 5. The van der Waals surface area contributed by atoms with Gasteiger partial charge < -0.3 is 9.26 Å². The summed E-state index contributed by atoms with van der Waals surface area (Å²) >= 11 is 0. The Hall–Kier alpha value is -2.54. The molecule has 6 nitrogen and oxygen atoms in total. The zero-order valence-corrected chi connectivity index (χ0v) is 14.2. The van der Waals surface area contributed by atoms with Crippen molar-refractivity contribution in [2.24, 2.45) is 0 Å². The Labute approximate surface area is 144 Å². The normalized spacial score (nSPS) is 17.3. The smallest absolute Gasteiger partial charge is 0.156 e. The predicted molar refractivity (Wildman–Crippen MR) is 88.3 cm³/mol. The van der Waals surface area contributed by atoms with Crippen molar-refractivity contribution < 1.29 is 13.7 Å². The molecule has 3 heterocycles. The second-order valence-corrected chi connectivity index (χ2v) is 6.29. The maximum absolute atomic E-state index is 14.3. The van der Waals surface area contributed by atoms with Gasteiger partial charge in [0.1, 0.15) is 23.1 Å². The lowest BCUT2D eigenvalue weighted by molar-refractivity contribution is 0.193. The maximum Gasteiger partial charge on any atom is 0.156 e. The minimum Gasteiger partial charge on any atom is -0.381 e. The topological polar surface area (TPSA) is 66.0 Å². The molecule has 0 unspecified atom stereocenters. The molecule has 1 aliphatic heterocycles. The van der Waals surface area contributed by atoms with Crippen molar-refractivity contribution in [1.82, 2.24) is 19.9 Å². The van der Waals surface area contributed by atoms with Gasteiger partial charge in [-0.3, -0.25) is 0 Å². The fourth-order valence-corrected chi connectivity index (χ4v) is 3.12. The summed E-state index contributed by atoms with van der Waals surface area (Å²) in [6, 6.07) is 6.58. The molecular weight excluding hydrogens is 323 g/mol. The van der Waals surface area contributed by atoms with Gasteiger partial charge in [-0.25, -0.2) is 14.1 Å². The van der Waals surface area contributed by atoms with E-state index in [1.165, 1.54) is 6.07 Å². The van der Waals surface area contributed by atoms with Gasteiger partial charge in [-0.05, 0) is 32.4 Å². The number of ether oxygens (including phenoxy) is 1. The van der Waals surface area contributed by atoms with Crippen LogP contribution in [0.25, 0.3) is 5.69 Å². The van der Waals surface area contributed by atoms with Crippen molar-refractivity contribution >= 4 is 0 Å². The molecule has 0 amide bonds. The molecule has 3 aromatic rings. The van der Waals surface area contributed by atoms with Gasteiger partial charge in [0.15, 0.2) is 5.82 Å². The quantitative estimate of drug-likeness (QED) is 0.729. The molecule has 2 aromatic heterocycles. The molecule has 130 valence electrons. The van der Waals surface area contributed by atoms with Gasteiger partial charge in [0, 0.05) is 24.5 Å².